The Morgan fingerprint density at radius 3 is 2.49 bits per heavy atom. The molecule has 0 atom stereocenters. The molecule has 0 aliphatic carbocycles. The van der Waals surface area contributed by atoms with Crippen molar-refractivity contribution in [3.8, 4) is 0 Å². The number of amides is 1. The monoisotopic (exact) mass is 521 g/mol. The van der Waals surface area contributed by atoms with E-state index in [4.69, 9.17) is 0 Å². The van der Waals surface area contributed by atoms with Crippen LogP contribution in [0.15, 0.2) is 57.2 Å². The van der Waals surface area contributed by atoms with Gasteiger partial charge in [-0.3, -0.25) is 23.3 Å². The van der Waals surface area contributed by atoms with Crippen molar-refractivity contribution in [2.75, 3.05) is 11.1 Å². The smallest absolute Gasteiger partial charge is 0.325 e. The van der Waals surface area contributed by atoms with Gasteiger partial charge in [0.15, 0.2) is 16.3 Å². The molecule has 3 aromatic heterocycles. The van der Waals surface area contributed by atoms with Gasteiger partial charge >= 0.3 is 5.69 Å². The zero-order valence-corrected chi connectivity index (χ0v) is 21.5. The van der Waals surface area contributed by atoms with E-state index in [1.807, 2.05) is 32.0 Å². The highest BCUT2D eigenvalue weighted by molar-refractivity contribution is 7.99. The van der Waals surface area contributed by atoms with Crippen LogP contribution in [0.25, 0.3) is 16.9 Å². The molecule has 0 unspecified atom stereocenters. The van der Waals surface area contributed by atoms with Gasteiger partial charge in [0.2, 0.25) is 11.7 Å². The first-order valence-electron chi connectivity index (χ1n) is 11.4. The van der Waals surface area contributed by atoms with E-state index < -0.39 is 11.2 Å². The zero-order chi connectivity index (χ0) is 26.4. The second kappa shape index (κ2) is 9.36. The Balaban J connectivity index is 1.57. The number of carbonyl (C=O) groups is 1. The summed E-state index contributed by atoms with van der Waals surface area (Å²) in [6, 6.07) is 11.6. The van der Waals surface area contributed by atoms with E-state index in [2.05, 4.69) is 15.5 Å². The van der Waals surface area contributed by atoms with E-state index in [-0.39, 0.29) is 29.5 Å². The van der Waals surface area contributed by atoms with Crippen LogP contribution in [-0.4, -0.2) is 40.0 Å². The molecule has 190 valence electrons. The molecular weight excluding hydrogens is 497 g/mol. The van der Waals surface area contributed by atoms with Gasteiger partial charge in [0.05, 0.1) is 12.3 Å². The van der Waals surface area contributed by atoms with Crippen molar-refractivity contribution in [1.29, 1.82) is 0 Å². The molecule has 0 aliphatic heterocycles. The van der Waals surface area contributed by atoms with Gasteiger partial charge in [-0.05, 0) is 48.7 Å². The second-order valence-corrected chi connectivity index (χ2v) is 9.74. The number of fused-ring (bicyclic) bond motifs is 3. The molecule has 0 fully saturated rings. The van der Waals surface area contributed by atoms with Crippen LogP contribution in [0.2, 0.25) is 0 Å². The van der Waals surface area contributed by atoms with Crippen molar-refractivity contribution in [3.63, 3.8) is 0 Å². The van der Waals surface area contributed by atoms with Crippen LogP contribution in [0.5, 0.6) is 0 Å². The van der Waals surface area contributed by atoms with Crippen molar-refractivity contribution >= 4 is 40.3 Å². The lowest BCUT2D eigenvalue weighted by atomic mass is 10.1. The molecule has 10 nitrogen and oxygen atoms in total. The summed E-state index contributed by atoms with van der Waals surface area (Å²) in [5.74, 6) is -0.229. The predicted octanol–water partition coefficient (Wildman–Crippen LogP) is 2.62. The number of nitrogens with one attached hydrogen (secondary N) is 1. The van der Waals surface area contributed by atoms with E-state index >= 15 is 0 Å². The van der Waals surface area contributed by atoms with Gasteiger partial charge in [0.25, 0.3) is 5.56 Å². The number of hydrogen-bond donors (Lipinski definition) is 1. The highest BCUT2D eigenvalue weighted by atomic mass is 32.2. The fourth-order valence-corrected chi connectivity index (χ4v) is 4.98. The molecule has 12 heteroatoms. The number of aromatic nitrogens is 6. The Hall–Kier alpha value is -4.19. The minimum absolute atomic E-state index is 0.0393. The highest BCUT2D eigenvalue weighted by Crippen LogP contribution is 2.25. The average Bonchev–Trinajstić information content (AvgIpc) is 3.43. The Labute approximate surface area is 214 Å². The lowest BCUT2D eigenvalue weighted by molar-refractivity contribution is -0.113. The molecule has 5 rings (SSSR count). The summed E-state index contributed by atoms with van der Waals surface area (Å²) in [4.78, 5) is 38.7. The minimum atomic E-state index is -0.504. The lowest BCUT2D eigenvalue weighted by Crippen LogP contribution is -2.37. The normalized spacial score (nSPS) is 11.5. The number of nitrogens with zero attached hydrogens (tertiary/aromatic N) is 6. The Kier molecular flexibility index (Phi) is 6.20. The molecule has 0 saturated heterocycles. The number of imidazole rings is 1. The minimum Gasteiger partial charge on any atom is -0.325 e. The third kappa shape index (κ3) is 4.22. The zero-order valence-electron chi connectivity index (χ0n) is 20.6. The predicted molar refractivity (Wildman–Crippen MR) is 140 cm³/mol. The highest BCUT2D eigenvalue weighted by Gasteiger charge is 2.24. The number of thioether (sulfide) groups is 1. The molecule has 0 radical (unpaired) electrons. The molecule has 5 aromatic rings. The fraction of sp³-hybridized carbons (Fsp3) is 0.240. The SMILES string of the molecule is Cc1cccc(NC(=O)CSc2nnc3n(Cc4ccc(F)cc4)c4c(=O)n(C)c(=O)n(C)c4n23)c1C. The van der Waals surface area contributed by atoms with E-state index in [9.17, 15) is 18.8 Å². The number of benzene rings is 2. The van der Waals surface area contributed by atoms with Gasteiger partial charge in [-0.1, -0.05) is 36.0 Å². The van der Waals surface area contributed by atoms with Crippen molar-refractivity contribution in [3.05, 3.63) is 85.8 Å². The average molecular weight is 522 g/mol. The maximum atomic E-state index is 13.5. The third-order valence-corrected chi connectivity index (χ3v) is 7.34. The first-order chi connectivity index (χ1) is 17.7. The summed E-state index contributed by atoms with van der Waals surface area (Å²) in [6.07, 6.45) is 0. The molecule has 0 spiro atoms. The molecule has 2 aromatic carbocycles. The van der Waals surface area contributed by atoms with Gasteiger partial charge in [-0.2, -0.15) is 0 Å². The molecule has 0 bridgehead atoms. The summed E-state index contributed by atoms with van der Waals surface area (Å²) < 4.78 is 19.1. The van der Waals surface area contributed by atoms with Gasteiger partial charge in [-0.15, -0.1) is 10.2 Å². The number of rotatable bonds is 6. The van der Waals surface area contributed by atoms with Crippen LogP contribution in [0.3, 0.4) is 0 Å². The summed E-state index contributed by atoms with van der Waals surface area (Å²) in [7, 11) is 2.97. The summed E-state index contributed by atoms with van der Waals surface area (Å²) in [5, 5.41) is 11.8. The van der Waals surface area contributed by atoms with Crippen molar-refractivity contribution in [1.82, 2.24) is 28.3 Å². The number of hydrogen-bond acceptors (Lipinski definition) is 6. The Morgan fingerprint density at radius 2 is 1.76 bits per heavy atom. The molecular formula is C25H24FN7O3S. The maximum absolute atomic E-state index is 13.5. The van der Waals surface area contributed by atoms with Gasteiger partial charge in [0, 0.05) is 19.8 Å². The van der Waals surface area contributed by atoms with Crippen LogP contribution in [0, 0.1) is 19.7 Å². The van der Waals surface area contributed by atoms with Gasteiger partial charge in [-0.25, -0.2) is 13.6 Å². The van der Waals surface area contributed by atoms with Crippen LogP contribution in [0.4, 0.5) is 10.1 Å². The summed E-state index contributed by atoms with van der Waals surface area (Å²) in [6.45, 7) is 4.12. The molecule has 37 heavy (non-hydrogen) atoms. The standard InChI is InChI=1S/C25H24FN7O3S/c1-14-6-5-7-18(15(14)2)27-19(34)13-37-24-29-28-23-32(12-16-8-10-17(26)11-9-16)20-21(33(23)24)30(3)25(36)31(4)22(20)35/h5-11H,12-13H2,1-4H3,(H,27,34). The molecule has 1 N–H and O–H groups in total. The first kappa shape index (κ1) is 24.5. The number of carbonyl (C=O) groups excluding carboxylic acids is 1. The lowest BCUT2D eigenvalue weighted by Gasteiger charge is -2.10. The van der Waals surface area contributed by atoms with E-state index in [1.165, 1.54) is 23.7 Å². The van der Waals surface area contributed by atoms with Crippen molar-refractivity contribution in [2.24, 2.45) is 14.1 Å². The largest absolute Gasteiger partial charge is 0.332 e. The fourth-order valence-electron chi connectivity index (χ4n) is 4.25. The van der Waals surface area contributed by atoms with E-state index in [1.54, 1.807) is 28.1 Å². The van der Waals surface area contributed by atoms with Crippen LogP contribution < -0.4 is 16.6 Å². The van der Waals surface area contributed by atoms with E-state index in [0.29, 0.717) is 16.6 Å². The van der Waals surface area contributed by atoms with Crippen LogP contribution in [-0.2, 0) is 25.4 Å². The van der Waals surface area contributed by atoms with Crippen molar-refractivity contribution in [2.45, 2.75) is 25.5 Å². The van der Waals surface area contributed by atoms with E-state index in [0.717, 1.165) is 38.7 Å². The number of halogens is 1. The molecule has 0 saturated carbocycles. The Morgan fingerprint density at radius 1 is 1.03 bits per heavy atom. The first-order valence-corrected chi connectivity index (χ1v) is 12.4. The number of anilines is 1. The maximum Gasteiger partial charge on any atom is 0.332 e. The van der Waals surface area contributed by atoms with Gasteiger partial charge < -0.3 is 5.32 Å². The van der Waals surface area contributed by atoms with Crippen molar-refractivity contribution < 1.29 is 9.18 Å². The quantitative estimate of drug-likeness (QED) is 0.344. The molecule has 3 heterocycles. The molecule has 0 aliphatic rings. The summed E-state index contributed by atoms with van der Waals surface area (Å²) >= 11 is 1.15. The topological polar surface area (TPSA) is 108 Å². The third-order valence-electron chi connectivity index (χ3n) is 6.42. The summed E-state index contributed by atoms with van der Waals surface area (Å²) in [5.41, 5.74) is 3.10. The van der Waals surface area contributed by atoms with Crippen LogP contribution in [0.1, 0.15) is 16.7 Å². The number of aryl methyl sites for hydroxylation is 2. The molecule has 1 amide bonds. The Bertz CT molecular complexity index is 1800. The van der Waals surface area contributed by atoms with Crippen LogP contribution >= 0.6 is 11.8 Å². The second-order valence-electron chi connectivity index (χ2n) is 8.79. The van der Waals surface area contributed by atoms with Gasteiger partial charge in [0.1, 0.15) is 5.82 Å².